The van der Waals surface area contributed by atoms with E-state index in [2.05, 4.69) is 0 Å². The summed E-state index contributed by atoms with van der Waals surface area (Å²) in [5, 5.41) is 7.74. The zero-order valence-electron chi connectivity index (χ0n) is 4.31. The second kappa shape index (κ2) is 2.92. The Morgan fingerprint density at radius 1 is 1.88 bits per heavy atom. The molecule has 0 N–H and O–H groups in total. The molecule has 3 heteroatoms. The molecular weight excluding hydrogens is 109 g/mol. The second-order valence-electron chi connectivity index (χ2n) is 1.21. The molecule has 8 heavy (non-hydrogen) atoms. The average molecular weight is 113 g/mol. The van der Waals surface area contributed by atoms with E-state index in [4.69, 9.17) is 5.26 Å². The Hall–Kier alpha value is -1.17. The van der Waals surface area contributed by atoms with Crippen molar-refractivity contribution in [1.29, 1.82) is 5.26 Å². The molecule has 0 amide bonds. The Labute approximate surface area is 46.2 Å². The third-order valence-corrected chi connectivity index (χ3v) is 0.437. The smallest absolute Gasteiger partial charge is 0.203 e. The zero-order chi connectivity index (χ0) is 6.57. The van der Waals surface area contributed by atoms with Crippen LogP contribution in [0.25, 0.3) is 0 Å². The SMILES string of the molecule is CC(=O)/C=C(/F)C#N. The molecule has 0 unspecified atom stereocenters. The number of halogens is 1. The van der Waals surface area contributed by atoms with Crippen molar-refractivity contribution in [2.75, 3.05) is 0 Å². The van der Waals surface area contributed by atoms with Gasteiger partial charge in [-0.05, 0) is 6.92 Å². The molecule has 0 saturated heterocycles. The van der Waals surface area contributed by atoms with Gasteiger partial charge in [0.15, 0.2) is 5.78 Å². The lowest BCUT2D eigenvalue weighted by Crippen LogP contribution is -1.80. The van der Waals surface area contributed by atoms with Gasteiger partial charge < -0.3 is 0 Å². The molecule has 0 aromatic carbocycles. The molecule has 2 nitrogen and oxygen atoms in total. The normalized spacial score (nSPS) is 10.4. The molecular formula is C5H4FNO. The molecule has 0 radical (unpaired) electrons. The van der Waals surface area contributed by atoms with Crippen molar-refractivity contribution in [1.82, 2.24) is 0 Å². The van der Waals surface area contributed by atoms with Crippen molar-refractivity contribution in [2.24, 2.45) is 0 Å². The van der Waals surface area contributed by atoms with Crippen LogP contribution in [0.1, 0.15) is 6.92 Å². The van der Waals surface area contributed by atoms with Crippen LogP contribution >= 0.6 is 0 Å². The minimum absolute atomic E-state index is 0.455. The number of nitrogens with zero attached hydrogens (tertiary/aromatic N) is 1. The molecule has 0 aliphatic carbocycles. The van der Waals surface area contributed by atoms with E-state index in [1.165, 1.54) is 13.0 Å². The monoisotopic (exact) mass is 113 g/mol. The Morgan fingerprint density at radius 2 is 2.38 bits per heavy atom. The standard InChI is InChI=1S/C5H4FNO/c1-4(8)2-5(6)3-7/h2H,1H3/b5-2+. The first kappa shape index (κ1) is 6.83. The molecule has 0 saturated carbocycles. The molecule has 0 rings (SSSR count). The fourth-order valence-corrected chi connectivity index (χ4v) is 0.211. The molecule has 0 spiro atoms. The Morgan fingerprint density at radius 3 is 2.50 bits per heavy atom. The lowest BCUT2D eigenvalue weighted by molar-refractivity contribution is -0.112. The van der Waals surface area contributed by atoms with Crippen LogP contribution < -0.4 is 0 Å². The van der Waals surface area contributed by atoms with Gasteiger partial charge in [0.1, 0.15) is 6.07 Å². The number of nitriles is 1. The van der Waals surface area contributed by atoms with Gasteiger partial charge in [-0.1, -0.05) is 0 Å². The van der Waals surface area contributed by atoms with Gasteiger partial charge in [-0.2, -0.15) is 9.65 Å². The topological polar surface area (TPSA) is 40.9 Å². The first-order chi connectivity index (χ1) is 3.66. The molecule has 0 aliphatic rings. The summed E-state index contributed by atoms with van der Waals surface area (Å²) >= 11 is 0. The quantitative estimate of drug-likeness (QED) is 0.375. The summed E-state index contributed by atoms with van der Waals surface area (Å²) in [5.41, 5.74) is 0. The first-order valence-electron chi connectivity index (χ1n) is 1.94. The molecule has 42 valence electrons. The van der Waals surface area contributed by atoms with E-state index in [1.54, 1.807) is 0 Å². The van der Waals surface area contributed by atoms with Gasteiger partial charge >= 0.3 is 0 Å². The summed E-state index contributed by atoms with van der Waals surface area (Å²) in [6.45, 7) is 1.18. The van der Waals surface area contributed by atoms with Crippen LogP contribution in [0, 0.1) is 11.3 Å². The summed E-state index contributed by atoms with van der Waals surface area (Å²) in [4.78, 5) is 9.95. The Kier molecular flexibility index (Phi) is 2.49. The van der Waals surface area contributed by atoms with E-state index < -0.39 is 11.6 Å². The summed E-state index contributed by atoms with van der Waals surface area (Å²) < 4.78 is 11.7. The number of ketones is 1. The molecule has 0 atom stereocenters. The minimum Gasteiger partial charge on any atom is -0.295 e. The van der Waals surface area contributed by atoms with E-state index >= 15 is 0 Å². The van der Waals surface area contributed by atoms with E-state index in [0.717, 1.165) is 0 Å². The minimum atomic E-state index is -1.04. The van der Waals surface area contributed by atoms with Crippen molar-refractivity contribution >= 4 is 5.78 Å². The van der Waals surface area contributed by atoms with Crippen molar-refractivity contribution < 1.29 is 9.18 Å². The number of hydrogen-bond acceptors (Lipinski definition) is 2. The van der Waals surface area contributed by atoms with Gasteiger partial charge in [0, 0.05) is 6.08 Å². The third kappa shape index (κ3) is 3.04. The predicted octanol–water partition coefficient (Wildman–Crippen LogP) is 0.952. The van der Waals surface area contributed by atoms with E-state index in [1.807, 2.05) is 0 Å². The van der Waals surface area contributed by atoms with E-state index in [0.29, 0.717) is 6.08 Å². The van der Waals surface area contributed by atoms with Gasteiger partial charge in [0.2, 0.25) is 5.83 Å². The summed E-state index contributed by atoms with van der Waals surface area (Å²) in [6, 6.07) is 1.17. The maximum absolute atomic E-state index is 11.7. The van der Waals surface area contributed by atoms with Gasteiger partial charge in [0.05, 0.1) is 0 Å². The van der Waals surface area contributed by atoms with Crippen LogP contribution in [-0.2, 0) is 4.79 Å². The predicted molar refractivity (Wildman–Crippen MR) is 25.5 cm³/mol. The molecule has 0 aromatic heterocycles. The molecule has 0 fully saturated rings. The highest BCUT2D eigenvalue weighted by atomic mass is 19.1. The summed E-state index contributed by atoms with van der Waals surface area (Å²) in [5.74, 6) is -1.50. The van der Waals surface area contributed by atoms with Gasteiger partial charge in [0.25, 0.3) is 0 Å². The molecule has 0 bridgehead atoms. The van der Waals surface area contributed by atoms with Crippen LogP contribution in [0.3, 0.4) is 0 Å². The fraction of sp³-hybridized carbons (Fsp3) is 0.200. The maximum Gasteiger partial charge on any atom is 0.203 e. The van der Waals surface area contributed by atoms with Crippen LogP contribution in [-0.4, -0.2) is 5.78 Å². The Bertz CT molecular complexity index is 166. The van der Waals surface area contributed by atoms with E-state index in [-0.39, 0.29) is 0 Å². The van der Waals surface area contributed by atoms with Crippen LogP contribution in [0.2, 0.25) is 0 Å². The lowest BCUT2D eigenvalue weighted by atomic mass is 10.4. The van der Waals surface area contributed by atoms with Crippen LogP contribution in [0.15, 0.2) is 11.9 Å². The highest BCUT2D eigenvalue weighted by Crippen LogP contribution is 1.91. The number of rotatable bonds is 1. The maximum atomic E-state index is 11.7. The lowest BCUT2D eigenvalue weighted by Gasteiger charge is -1.73. The van der Waals surface area contributed by atoms with E-state index in [9.17, 15) is 9.18 Å². The molecule has 0 aliphatic heterocycles. The fourth-order valence-electron chi connectivity index (χ4n) is 0.211. The van der Waals surface area contributed by atoms with Crippen molar-refractivity contribution in [3.8, 4) is 6.07 Å². The molecule has 0 aromatic rings. The third-order valence-electron chi connectivity index (χ3n) is 0.437. The second-order valence-corrected chi connectivity index (χ2v) is 1.21. The summed E-state index contributed by atoms with van der Waals surface area (Å²) in [6.07, 6.45) is 0.639. The van der Waals surface area contributed by atoms with Crippen LogP contribution in [0.5, 0.6) is 0 Å². The number of carbonyl (C=O) groups excluding carboxylic acids is 1. The average Bonchev–Trinajstić information content (AvgIpc) is 1.65. The van der Waals surface area contributed by atoms with Gasteiger partial charge in [-0.3, -0.25) is 4.79 Å². The molecule has 0 heterocycles. The van der Waals surface area contributed by atoms with Crippen molar-refractivity contribution in [2.45, 2.75) is 6.92 Å². The van der Waals surface area contributed by atoms with Gasteiger partial charge in [-0.15, -0.1) is 0 Å². The number of allylic oxidation sites excluding steroid dienone is 2. The highest BCUT2D eigenvalue weighted by Gasteiger charge is 1.90. The van der Waals surface area contributed by atoms with Gasteiger partial charge in [-0.25, -0.2) is 0 Å². The zero-order valence-corrected chi connectivity index (χ0v) is 4.31. The van der Waals surface area contributed by atoms with Crippen molar-refractivity contribution in [3.05, 3.63) is 11.9 Å². The summed E-state index contributed by atoms with van der Waals surface area (Å²) in [7, 11) is 0. The first-order valence-corrected chi connectivity index (χ1v) is 1.94. The highest BCUT2D eigenvalue weighted by molar-refractivity contribution is 5.88. The number of hydrogen-bond donors (Lipinski definition) is 0. The number of carbonyl (C=O) groups is 1. The van der Waals surface area contributed by atoms with Crippen molar-refractivity contribution in [3.63, 3.8) is 0 Å². The largest absolute Gasteiger partial charge is 0.295 e. The van der Waals surface area contributed by atoms with Crippen LogP contribution in [0.4, 0.5) is 4.39 Å². The Balaban J connectivity index is 4.01.